The highest BCUT2D eigenvalue weighted by Gasteiger charge is 2.13. The van der Waals surface area contributed by atoms with Crippen molar-refractivity contribution in [1.29, 1.82) is 0 Å². The van der Waals surface area contributed by atoms with E-state index in [-0.39, 0.29) is 5.91 Å². The van der Waals surface area contributed by atoms with Crippen molar-refractivity contribution in [3.8, 4) is 11.6 Å². The Morgan fingerprint density at radius 2 is 2.00 bits per heavy atom. The lowest BCUT2D eigenvalue weighted by atomic mass is 10.1. The first-order valence-corrected chi connectivity index (χ1v) is 13.4. The van der Waals surface area contributed by atoms with Gasteiger partial charge in [0.2, 0.25) is 17.7 Å². The van der Waals surface area contributed by atoms with Crippen LogP contribution in [-0.2, 0) is 11.2 Å². The summed E-state index contributed by atoms with van der Waals surface area (Å²) in [6, 6.07) is 13.1. The Kier molecular flexibility index (Phi) is 8.02. The maximum Gasteiger partial charge on any atom is 0.247 e. The van der Waals surface area contributed by atoms with Crippen LogP contribution >= 0.6 is 11.3 Å². The first-order chi connectivity index (χ1) is 18.2. The number of anilines is 3. The largest absolute Gasteiger partial charge is 0.437 e. The van der Waals surface area contributed by atoms with E-state index in [2.05, 4.69) is 43.1 Å². The molecule has 37 heavy (non-hydrogen) atoms. The molecular formula is C28H30N6O2S. The Labute approximate surface area is 220 Å². The number of ether oxygens (including phenoxy) is 1. The molecule has 0 atom stereocenters. The Balaban J connectivity index is 1.25. The van der Waals surface area contributed by atoms with Gasteiger partial charge in [0.15, 0.2) is 0 Å². The summed E-state index contributed by atoms with van der Waals surface area (Å²) in [6.45, 7) is 7.08. The van der Waals surface area contributed by atoms with Gasteiger partial charge in [0.25, 0.3) is 0 Å². The number of piperidine rings is 1. The van der Waals surface area contributed by atoms with Crippen molar-refractivity contribution in [2.45, 2.75) is 32.1 Å². The number of hydrogen-bond acceptors (Lipinski definition) is 8. The number of benzene rings is 1. The number of likely N-dealkylation sites (tertiary alicyclic amines) is 1. The van der Waals surface area contributed by atoms with Crippen LogP contribution in [0.3, 0.4) is 0 Å². The molecule has 0 radical (unpaired) electrons. The van der Waals surface area contributed by atoms with E-state index < -0.39 is 0 Å². The quantitative estimate of drug-likeness (QED) is 0.245. The molecule has 1 aliphatic rings. The maximum atomic E-state index is 11.6. The number of nitrogens with zero attached hydrogens (tertiary/aromatic N) is 4. The summed E-state index contributed by atoms with van der Waals surface area (Å²) in [5.41, 5.74) is 3.30. The summed E-state index contributed by atoms with van der Waals surface area (Å²) in [5.74, 6) is 1.14. The molecule has 0 aliphatic carbocycles. The first kappa shape index (κ1) is 24.9. The topological polar surface area (TPSA) is 92.3 Å². The van der Waals surface area contributed by atoms with Crippen LogP contribution in [0, 0.1) is 0 Å². The van der Waals surface area contributed by atoms with Crippen LogP contribution in [0.25, 0.3) is 10.2 Å². The van der Waals surface area contributed by atoms with E-state index in [1.54, 1.807) is 18.2 Å². The van der Waals surface area contributed by atoms with Crippen LogP contribution in [-0.4, -0.2) is 45.4 Å². The molecule has 1 fully saturated rings. The lowest BCUT2D eigenvalue weighted by molar-refractivity contribution is -0.111. The predicted octanol–water partition coefficient (Wildman–Crippen LogP) is 6.17. The van der Waals surface area contributed by atoms with Gasteiger partial charge in [-0.3, -0.25) is 9.78 Å². The van der Waals surface area contributed by atoms with E-state index >= 15 is 0 Å². The number of aryl methyl sites for hydroxylation is 1. The van der Waals surface area contributed by atoms with Crippen molar-refractivity contribution in [1.82, 2.24) is 19.9 Å². The van der Waals surface area contributed by atoms with E-state index in [4.69, 9.17) is 4.74 Å². The highest BCUT2D eigenvalue weighted by Crippen LogP contribution is 2.33. The van der Waals surface area contributed by atoms with Gasteiger partial charge >= 0.3 is 0 Å². The van der Waals surface area contributed by atoms with Crippen molar-refractivity contribution in [3.63, 3.8) is 0 Å². The molecule has 1 aliphatic heterocycles. The number of carbonyl (C=O) groups is 1. The second-order valence-electron chi connectivity index (χ2n) is 8.98. The van der Waals surface area contributed by atoms with Gasteiger partial charge in [-0.05, 0) is 87.1 Å². The fourth-order valence-electron chi connectivity index (χ4n) is 4.35. The molecule has 4 heterocycles. The lowest BCUT2D eigenvalue weighted by Crippen LogP contribution is -2.30. The number of nitrogens with one attached hydrogen (secondary N) is 2. The minimum absolute atomic E-state index is 0.284. The molecule has 0 unspecified atom stereocenters. The SMILES string of the molecule is C=CC(=O)Nc1cccc(Oc2nc(Nc3ccc(CCCN4CCCCC4)nc3)nc3ccsc23)c1. The number of amides is 1. The molecule has 4 aromatic rings. The Hall–Kier alpha value is -3.82. The van der Waals surface area contributed by atoms with Crippen LogP contribution in [0.2, 0.25) is 0 Å². The van der Waals surface area contributed by atoms with Gasteiger partial charge in [-0.2, -0.15) is 4.98 Å². The van der Waals surface area contributed by atoms with Gasteiger partial charge in [0.05, 0.1) is 17.4 Å². The van der Waals surface area contributed by atoms with E-state index in [0.717, 1.165) is 41.0 Å². The van der Waals surface area contributed by atoms with Crippen molar-refractivity contribution >= 4 is 44.8 Å². The standard InChI is InChI=1S/C28H30N6O2S/c1-2-25(35)30-21-8-6-10-23(18-21)36-27-26-24(13-17-37-26)32-28(33-27)31-22-12-11-20(29-19-22)9-7-16-34-14-4-3-5-15-34/h2,6,8,10-13,17-19H,1,3-5,7,9,14-16H2,(H,30,35)(H,31,32,33). The van der Waals surface area contributed by atoms with Crippen molar-refractivity contribution in [3.05, 3.63) is 72.4 Å². The van der Waals surface area contributed by atoms with Crippen LogP contribution in [0.5, 0.6) is 11.6 Å². The monoisotopic (exact) mass is 514 g/mol. The van der Waals surface area contributed by atoms with Gasteiger partial charge < -0.3 is 20.3 Å². The van der Waals surface area contributed by atoms with Gasteiger partial charge in [-0.15, -0.1) is 11.3 Å². The number of pyridine rings is 1. The van der Waals surface area contributed by atoms with Gasteiger partial charge in [-0.1, -0.05) is 19.1 Å². The highest BCUT2D eigenvalue weighted by atomic mass is 32.1. The van der Waals surface area contributed by atoms with Gasteiger partial charge in [0.1, 0.15) is 10.4 Å². The number of thiophene rings is 1. The average molecular weight is 515 g/mol. The minimum Gasteiger partial charge on any atom is -0.437 e. The van der Waals surface area contributed by atoms with E-state index in [9.17, 15) is 4.79 Å². The zero-order valence-electron chi connectivity index (χ0n) is 20.7. The third-order valence-electron chi connectivity index (χ3n) is 6.21. The number of fused-ring (bicyclic) bond motifs is 1. The summed E-state index contributed by atoms with van der Waals surface area (Å²) in [7, 11) is 0. The van der Waals surface area contributed by atoms with Crippen LogP contribution < -0.4 is 15.4 Å². The zero-order valence-corrected chi connectivity index (χ0v) is 21.5. The van der Waals surface area contributed by atoms with Gasteiger partial charge in [-0.25, -0.2) is 4.98 Å². The fourth-order valence-corrected chi connectivity index (χ4v) is 5.10. The molecule has 1 saturated heterocycles. The third-order valence-corrected chi connectivity index (χ3v) is 7.10. The second-order valence-corrected chi connectivity index (χ2v) is 9.90. The van der Waals surface area contributed by atoms with E-state index in [0.29, 0.717) is 23.3 Å². The summed E-state index contributed by atoms with van der Waals surface area (Å²) in [4.78, 5) is 28.1. The highest BCUT2D eigenvalue weighted by molar-refractivity contribution is 7.17. The Bertz CT molecular complexity index is 1360. The number of rotatable bonds is 10. The predicted molar refractivity (Wildman–Crippen MR) is 149 cm³/mol. The van der Waals surface area contributed by atoms with Crippen molar-refractivity contribution in [2.24, 2.45) is 0 Å². The number of hydrogen-bond donors (Lipinski definition) is 2. The molecule has 3 aromatic heterocycles. The van der Waals surface area contributed by atoms with Crippen LogP contribution in [0.4, 0.5) is 17.3 Å². The molecule has 0 bridgehead atoms. The fraction of sp³-hybridized carbons (Fsp3) is 0.286. The lowest BCUT2D eigenvalue weighted by Gasteiger charge is -2.26. The van der Waals surface area contributed by atoms with E-state index in [1.807, 2.05) is 29.8 Å². The van der Waals surface area contributed by atoms with Crippen molar-refractivity contribution in [2.75, 3.05) is 30.3 Å². The zero-order chi connectivity index (χ0) is 25.5. The van der Waals surface area contributed by atoms with Crippen LogP contribution in [0.1, 0.15) is 31.4 Å². The average Bonchev–Trinajstić information content (AvgIpc) is 3.40. The minimum atomic E-state index is -0.284. The normalized spacial score (nSPS) is 13.8. The number of carbonyl (C=O) groups excluding carboxylic acids is 1. The Morgan fingerprint density at radius 1 is 1.11 bits per heavy atom. The number of aromatic nitrogens is 3. The van der Waals surface area contributed by atoms with E-state index in [1.165, 1.54) is 49.8 Å². The molecule has 190 valence electrons. The summed E-state index contributed by atoms with van der Waals surface area (Å²) in [6.07, 6.45) is 9.16. The molecule has 0 saturated carbocycles. The molecule has 0 spiro atoms. The first-order valence-electron chi connectivity index (χ1n) is 12.6. The molecule has 8 nitrogen and oxygen atoms in total. The maximum absolute atomic E-state index is 11.6. The molecule has 1 amide bonds. The second kappa shape index (κ2) is 11.9. The van der Waals surface area contributed by atoms with Crippen molar-refractivity contribution < 1.29 is 9.53 Å². The third kappa shape index (κ3) is 6.69. The summed E-state index contributed by atoms with van der Waals surface area (Å²) in [5, 5.41) is 7.95. The molecular weight excluding hydrogens is 484 g/mol. The summed E-state index contributed by atoms with van der Waals surface area (Å²) >= 11 is 1.51. The molecule has 1 aromatic carbocycles. The van der Waals surface area contributed by atoms with Crippen LogP contribution in [0.15, 0.2) is 66.7 Å². The molecule has 5 rings (SSSR count). The molecule has 2 N–H and O–H groups in total. The van der Waals surface area contributed by atoms with Gasteiger partial charge in [0, 0.05) is 17.4 Å². The Morgan fingerprint density at radius 3 is 2.81 bits per heavy atom. The molecule has 9 heteroatoms. The summed E-state index contributed by atoms with van der Waals surface area (Å²) < 4.78 is 6.96. The smallest absolute Gasteiger partial charge is 0.247 e.